The summed E-state index contributed by atoms with van der Waals surface area (Å²) in [4.78, 5) is 10.4. The van der Waals surface area contributed by atoms with Crippen LogP contribution in [-0.4, -0.2) is 5.78 Å². The molecule has 0 spiro atoms. The molecule has 1 aliphatic rings. The molecule has 0 radical (unpaired) electrons. The first-order chi connectivity index (χ1) is 3.79. The van der Waals surface area contributed by atoms with Gasteiger partial charge in [0, 0.05) is 12.3 Å². The van der Waals surface area contributed by atoms with Crippen LogP contribution in [-0.2, 0) is 4.79 Å². The zero-order valence-corrected chi connectivity index (χ0v) is 4.90. The van der Waals surface area contributed by atoms with Crippen LogP contribution in [0.4, 0.5) is 0 Å². The molecule has 8 heavy (non-hydrogen) atoms. The molecule has 0 bridgehead atoms. The van der Waals surface area contributed by atoms with Crippen molar-refractivity contribution in [3.05, 3.63) is 0 Å². The monoisotopic (exact) mass is 108 g/mol. The van der Waals surface area contributed by atoms with Crippen LogP contribution in [0.1, 0.15) is 19.8 Å². The number of ketones is 1. The second-order valence-corrected chi connectivity index (χ2v) is 2.13. The smallest absolute Gasteiger partial charge is 0.205 e. The summed E-state index contributed by atoms with van der Waals surface area (Å²) in [6.07, 6.45) is 1.61. The van der Waals surface area contributed by atoms with Crippen molar-refractivity contribution in [2.75, 3.05) is 0 Å². The van der Waals surface area contributed by atoms with Gasteiger partial charge < -0.3 is 0 Å². The maximum absolute atomic E-state index is 10.4. The normalized spacial score (nSPS) is 26.6. The number of rotatable bonds is 0. The van der Waals surface area contributed by atoms with Crippen LogP contribution in [0.3, 0.4) is 0 Å². The molecule has 1 atom stereocenters. The summed E-state index contributed by atoms with van der Waals surface area (Å²) in [6, 6.07) is 0. The highest BCUT2D eigenvalue weighted by molar-refractivity contribution is 5.96. The highest BCUT2D eigenvalue weighted by Crippen LogP contribution is 2.07. The largest absolute Gasteiger partial charge is 0.285 e. The zero-order chi connectivity index (χ0) is 5.98. The molecule has 1 heteroatoms. The van der Waals surface area contributed by atoms with Gasteiger partial charge in [-0.1, -0.05) is 12.8 Å². The summed E-state index contributed by atoms with van der Waals surface area (Å²) >= 11 is 0. The summed E-state index contributed by atoms with van der Waals surface area (Å²) in [5.74, 6) is 5.91. The predicted octanol–water partition coefficient (Wildman–Crippen LogP) is 0.989. The number of hydrogen-bond acceptors (Lipinski definition) is 1. The molecule has 42 valence electrons. The Morgan fingerprint density at radius 3 is 2.88 bits per heavy atom. The molecule has 0 saturated carbocycles. The third kappa shape index (κ3) is 1.10. The van der Waals surface area contributed by atoms with Gasteiger partial charge in [0.05, 0.1) is 0 Å². The molecule has 0 amide bonds. The topological polar surface area (TPSA) is 17.1 Å². The van der Waals surface area contributed by atoms with Crippen molar-refractivity contribution in [1.82, 2.24) is 0 Å². The van der Waals surface area contributed by atoms with E-state index in [1.807, 2.05) is 6.92 Å². The first-order valence-electron chi connectivity index (χ1n) is 2.83. The Hall–Kier alpha value is -0.770. The van der Waals surface area contributed by atoms with Crippen molar-refractivity contribution in [2.24, 2.45) is 5.92 Å². The van der Waals surface area contributed by atoms with Gasteiger partial charge in [0.2, 0.25) is 5.78 Å². The van der Waals surface area contributed by atoms with Crippen LogP contribution in [0.5, 0.6) is 0 Å². The van der Waals surface area contributed by atoms with E-state index in [-0.39, 0.29) is 5.78 Å². The molecule has 0 N–H and O–H groups in total. The van der Waals surface area contributed by atoms with Gasteiger partial charge in [-0.25, -0.2) is 0 Å². The predicted molar refractivity (Wildman–Crippen MR) is 31.2 cm³/mol. The van der Waals surface area contributed by atoms with Crippen LogP contribution in [0.2, 0.25) is 0 Å². The lowest BCUT2D eigenvalue weighted by atomic mass is 10.00. The number of carbonyl (C=O) groups excluding carboxylic acids is 1. The van der Waals surface area contributed by atoms with Crippen LogP contribution in [0.25, 0.3) is 0 Å². The third-order valence-corrected chi connectivity index (χ3v) is 1.26. The lowest BCUT2D eigenvalue weighted by Gasteiger charge is -2.03. The summed E-state index contributed by atoms with van der Waals surface area (Å²) in [7, 11) is 0. The Kier molecular flexibility index (Phi) is 1.34. The van der Waals surface area contributed by atoms with E-state index in [4.69, 9.17) is 0 Å². The molecule has 0 fully saturated rings. The van der Waals surface area contributed by atoms with Gasteiger partial charge in [-0.05, 0) is 12.3 Å². The standard InChI is InChI=1S/C7H8O/c1-6-2-4-7(8)5-3-6/h6H,2,4H2,1H3. The van der Waals surface area contributed by atoms with Gasteiger partial charge in [-0.15, -0.1) is 0 Å². The molecule has 0 aliphatic heterocycles. The Labute approximate surface area is 49.1 Å². The lowest BCUT2D eigenvalue weighted by Crippen LogP contribution is -2.03. The maximum atomic E-state index is 10.4. The van der Waals surface area contributed by atoms with Gasteiger partial charge >= 0.3 is 0 Å². The van der Waals surface area contributed by atoms with Gasteiger partial charge in [0.1, 0.15) is 0 Å². The summed E-state index contributed by atoms with van der Waals surface area (Å²) in [6.45, 7) is 2.04. The fourth-order valence-electron chi connectivity index (χ4n) is 0.686. The van der Waals surface area contributed by atoms with E-state index in [2.05, 4.69) is 11.8 Å². The molecule has 1 nitrogen and oxygen atoms in total. The molecule has 0 saturated heterocycles. The fraction of sp³-hybridized carbons (Fsp3) is 0.571. The Balaban J connectivity index is 2.65. The molecule has 1 rings (SSSR count). The van der Waals surface area contributed by atoms with Crippen molar-refractivity contribution < 1.29 is 4.79 Å². The number of carbonyl (C=O) groups is 1. The average Bonchev–Trinajstić information content (AvgIpc) is 1.77. The fourth-order valence-corrected chi connectivity index (χ4v) is 0.686. The molecule has 0 aromatic rings. The van der Waals surface area contributed by atoms with E-state index >= 15 is 0 Å². The van der Waals surface area contributed by atoms with Crippen molar-refractivity contribution in [3.8, 4) is 11.8 Å². The minimum atomic E-state index is 0.100. The van der Waals surface area contributed by atoms with Gasteiger partial charge in [0.15, 0.2) is 0 Å². The molecule has 0 heterocycles. The number of Topliss-reactive ketones (excluding diaryl/α,β-unsaturated/α-hetero) is 1. The van der Waals surface area contributed by atoms with Crippen LogP contribution >= 0.6 is 0 Å². The van der Waals surface area contributed by atoms with E-state index in [0.29, 0.717) is 12.3 Å². The van der Waals surface area contributed by atoms with Gasteiger partial charge in [-0.2, -0.15) is 0 Å². The van der Waals surface area contributed by atoms with Crippen molar-refractivity contribution in [3.63, 3.8) is 0 Å². The Morgan fingerprint density at radius 2 is 2.50 bits per heavy atom. The zero-order valence-electron chi connectivity index (χ0n) is 4.90. The molecule has 1 aliphatic carbocycles. The molecule has 0 aromatic carbocycles. The minimum absolute atomic E-state index is 0.100. The second kappa shape index (κ2) is 2.00. The summed E-state index contributed by atoms with van der Waals surface area (Å²) < 4.78 is 0. The molecule has 0 aromatic heterocycles. The lowest BCUT2D eigenvalue weighted by molar-refractivity contribution is -0.114. The van der Waals surface area contributed by atoms with Gasteiger partial charge in [-0.3, -0.25) is 4.79 Å². The maximum Gasteiger partial charge on any atom is 0.205 e. The highest BCUT2D eigenvalue weighted by Gasteiger charge is 2.06. The van der Waals surface area contributed by atoms with E-state index in [9.17, 15) is 4.79 Å². The highest BCUT2D eigenvalue weighted by atomic mass is 16.1. The Morgan fingerprint density at radius 1 is 1.75 bits per heavy atom. The van der Waals surface area contributed by atoms with Crippen molar-refractivity contribution in [1.29, 1.82) is 0 Å². The molecule has 1 unspecified atom stereocenters. The van der Waals surface area contributed by atoms with Crippen molar-refractivity contribution >= 4 is 5.78 Å². The first-order valence-corrected chi connectivity index (χ1v) is 2.83. The summed E-state index contributed by atoms with van der Waals surface area (Å²) in [5, 5.41) is 0. The molecular formula is C7H8O. The SMILES string of the molecule is CC1C#CC(=O)CC1. The van der Waals surface area contributed by atoms with Crippen LogP contribution in [0, 0.1) is 17.8 Å². The van der Waals surface area contributed by atoms with Crippen LogP contribution in [0.15, 0.2) is 0 Å². The van der Waals surface area contributed by atoms with Gasteiger partial charge in [0.25, 0.3) is 0 Å². The number of hydrogen-bond donors (Lipinski definition) is 0. The quantitative estimate of drug-likeness (QED) is 0.334. The van der Waals surface area contributed by atoms with E-state index in [0.717, 1.165) is 6.42 Å². The average molecular weight is 108 g/mol. The third-order valence-electron chi connectivity index (χ3n) is 1.26. The van der Waals surface area contributed by atoms with E-state index in [1.54, 1.807) is 0 Å². The Bertz CT molecular complexity index is 159. The second-order valence-electron chi connectivity index (χ2n) is 2.13. The van der Waals surface area contributed by atoms with E-state index < -0.39 is 0 Å². The summed E-state index contributed by atoms with van der Waals surface area (Å²) in [5.41, 5.74) is 0. The van der Waals surface area contributed by atoms with E-state index in [1.165, 1.54) is 0 Å². The molecular weight excluding hydrogens is 100 g/mol. The van der Waals surface area contributed by atoms with Crippen molar-refractivity contribution in [2.45, 2.75) is 19.8 Å². The first kappa shape index (κ1) is 5.37. The minimum Gasteiger partial charge on any atom is -0.285 e. The van der Waals surface area contributed by atoms with Crippen LogP contribution < -0.4 is 0 Å².